The minimum Gasteiger partial charge on any atom is -0.483 e. The lowest BCUT2D eigenvalue weighted by atomic mass is 10.2. The van der Waals surface area contributed by atoms with Crippen LogP contribution in [0.2, 0.25) is 0 Å². The largest absolute Gasteiger partial charge is 0.508 e. The first-order valence-corrected chi connectivity index (χ1v) is 7.42. The van der Waals surface area contributed by atoms with Crippen molar-refractivity contribution in [2.45, 2.75) is 33.3 Å². The molecule has 1 aliphatic rings. The highest BCUT2D eigenvalue weighted by Crippen LogP contribution is 2.12. The molecule has 0 unspecified atom stereocenters. The van der Waals surface area contributed by atoms with E-state index in [2.05, 4.69) is 4.67 Å². The monoisotopic (exact) mass is 334 g/mol. The summed E-state index contributed by atoms with van der Waals surface area (Å²) in [6.07, 6.45) is 6.55. The summed E-state index contributed by atoms with van der Waals surface area (Å²) in [5, 5.41) is 0. The number of carbonyl (C=O) groups excluding carboxylic acids is 2. The highest BCUT2D eigenvalue weighted by Gasteiger charge is 2.34. The van der Waals surface area contributed by atoms with Gasteiger partial charge in [0.2, 0.25) is 6.29 Å². The Morgan fingerprint density at radius 1 is 1.33 bits per heavy atom. The SMILES string of the molecule is COC(N)=CC=C(C)CN(C(=O)OC(C)(C)C)C1=[N+]=C(C=O)C=C1. The zero-order chi connectivity index (χ0) is 18.3. The third-order valence-electron chi connectivity index (χ3n) is 2.83. The first-order chi connectivity index (χ1) is 11.2. The minimum atomic E-state index is -0.645. The molecule has 0 aromatic carbocycles. The van der Waals surface area contributed by atoms with Gasteiger partial charge in [0, 0.05) is 6.08 Å². The van der Waals surface area contributed by atoms with Gasteiger partial charge >= 0.3 is 11.9 Å². The third kappa shape index (κ3) is 6.14. The molecule has 130 valence electrons. The Balaban J connectivity index is 3.07. The Kier molecular flexibility index (Phi) is 6.56. The van der Waals surface area contributed by atoms with Crippen molar-refractivity contribution >= 4 is 23.9 Å². The van der Waals surface area contributed by atoms with E-state index in [0.29, 0.717) is 12.1 Å². The number of methoxy groups -OCH3 is 1. The topological polar surface area (TPSA) is 96.0 Å². The Bertz CT molecular complexity index is 660. The van der Waals surface area contributed by atoms with Crippen molar-refractivity contribution in [2.75, 3.05) is 13.7 Å². The molecule has 0 spiro atoms. The zero-order valence-corrected chi connectivity index (χ0v) is 14.7. The number of amidine groups is 1. The van der Waals surface area contributed by atoms with Gasteiger partial charge in [0.1, 0.15) is 12.1 Å². The molecule has 2 N–H and O–H groups in total. The number of allylic oxidation sites excluding steroid dienone is 3. The van der Waals surface area contributed by atoms with E-state index < -0.39 is 11.7 Å². The molecule has 0 atom stereocenters. The number of hydrogen-bond donors (Lipinski definition) is 1. The van der Waals surface area contributed by atoms with E-state index in [9.17, 15) is 9.59 Å². The van der Waals surface area contributed by atoms with E-state index in [1.54, 1.807) is 45.1 Å². The first kappa shape index (κ1) is 19.3. The van der Waals surface area contributed by atoms with Gasteiger partial charge in [-0.25, -0.2) is 4.67 Å². The Hall–Kier alpha value is -2.79. The fourth-order valence-electron chi connectivity index (χ4n) is 1.73. The third-order valence-corrected chi connectivity index (χ3v) is 2.83. The molecule has 1 aliphatic heterocycles. The molecule has 7 heteroatoms. The van der Waals surface area contributed by atoms with Gasteiger partial charge in [-0.2, -0.15) is 4.79 Å². The van der Waals surface area contributed by atoms with Crippen molar-refractivity contribution in [1.29, 1.82) is 0 Å². The van der Waals surface area contributed by atoms with Crippen LogP contribution in [0.5, 0.6) is 0 Å². The lowest BCUT2D eigenvalue weighted by Crippen LogP contribution is -2.41. The second-order valence-electron chi connectivity index (χ2n) is 6.20. The number of amides is 1. The number of aldehydes is 1. The van der Waals surface area contributed by atoms with E-state index >= 15 is 0 Å². The maximum Gasteiger partial charge on any atom is 0.508 e. The number of ether oxygens (including phenoxy) is 2. The molecule has 1 rings (SSSR count). The summed E-state index contributed by atoms with van der Waals surface area (Å²) in [7, 11) is 1.47. The molecule has 0 saturated heterocycles. The molecule has 0 aromatic heterocycles. The van der Waals surface area contributed by atoms with Crippen LogP contribution >= 0.6 is 0 Å². The zero-order valence-electron chi connectivity index (χ0n) is 14.7. The summed E-state index contributed by atoms with van der Waals surface area (Å²) in [4.78, 5) is 24.7. The van der Waals surface area contributed by atoms with Gasteiger partial charge < -0.3 is 15.2 Å². The average Bonchev–Trinajstić information content (AvgIpc) is 2.97. The quantitative estimate of drug-likeness (QED) is 0.354. The van der Waals surface area contributed by atoms with Gasteiger partial charge in [-0.1, -0.05) is 6.08 Å². The van der Waals surface area contributed by atoms with Crippen molar-refractivity contribution in [3.63, 3.8) is 0 Å². The number of rotatable bonds is 5. The van der Waals surface area contributed by atoms with E-state index in [1.807, 2.05) is 6.92 Å². The highest BCUT2D eigenvalue weighted by atomic mass is 16.6. The van der Waals surface area contributed by atoms with Gasteiger partial charge in [0.25, 0.3) is 5.71 Å². The molecule has 0 fully saturated rings. The highest BCUT2D eigenvalue weighted by molar-refractivity contribution is 6.37. The molecule has 24 heavy (non-hydrogen) atoms. The second-order valence-corrected chi connectivity index (χ2v) is 6.20. The van der Waals surface area contributed by atoms with Crippen LogP contribution in [0.3, 0.4) is 0 Å². The molecule has 0 saturated carbocycles. The van der Waals surface area contributed by atoms with E-state index in [1.165, 1.54) is 12.0 Å². The summed E-state index contributed by atoms with van der Waals surface area (Å²) >= 11 is 0. The second kappa shape index (κ2) is 8.17. The lowest BCUT2D eigenvalue weighted by Gasteiger charge is -2.21. The summed E-state index contributed by atoms with van der Waals surface area (Å²) in [5.41, 5.74) is 6.00. The van der Waals surface area contributed by atoms with Crippen molar-refractivity contribution in [3.05, 3.63) is 35.8 Å². The van der Waals surface area contributed by atoms with E-state index in [-0.39, 0.29) is 18.1 Å². The minimum absolute atomic E-state index is 0.234. The summed E-state index contributed by atoms with van der Waals surface area (Å²) in [5.74, 6) is 0.607. The standard InChI is InChI=1S/C17H24N3O4/c1-12(6-8-14(18)23-5)10-20(16(22)24-17(2,3)4)15-9-7-13(11-21)19-15/h6-9,11H,10,18H2,1-5H3/q+1. The van der Waals surface area contributed by atoms with Crippen LogP contribution in [-0.2, 0) is 14.3 Å². The molecule has 0 aliphatic carbocycles. The van der Waals surface area contributed by atoms with Crippen LogP contribution in [0.15, 0.2) is 35.8 Å². The van der Waals surface area contributed by atoms with Crippen molar-refractivity contribution < 1.29 is 19.1 Å². The Labute approximate surface area is 141 Å². The number of nitrogens with zero attached hydrogens (tertiary/aromatic N) is 2. The smallest absolute Gasteiger partial charge is 0.483 e. The van der Waals surface area contributed by atoms with Crippen LogP contribution in [0.4, 0.5) is 4.79 Å². The van der Waals surface area contributed by atoms with E-state index in [0.717, 1.165) is 5.57 Å². The predicted molar refractivity (Wildman–Crippen MR) is 93.3 cm³/mol. The summed E-state index contributed by atoms with van der Waals surface area (Å²) in [6.45, 7) is 7.41. The molecule has 7 nitrogen and oxygen atoms in total. The Morgan fingerprint density at radius 3 is 2.50 bits per heavy atom. The van der Waals surface area contributed by atoms with Gasteiger partial charge in [0.05, 0.1) is 13.2 Å². The number of carbonyl (C=O) groups is 2. The number of hydrogen-bond acceptors (Lipinski definition) is 5. The van der Waals surface area contributed by atoms with Crippen molar-refractivity contribution in [2.24, 2.45) is 5.73 Å². The fourth-order valence-corrected chi connectivity index (χ4v) is 1.73. The first-order valence-electron chi connectivity index (χ1n) is 7.42. The van der Waals surface area contributed by atoms with Crippen LogP contribution in [-0.4, -0.2) is 48.1 Å². The van der Waals surface area contributed by atoms with Gasteiger partial charge in [0.15, 0.2) is 5.88 Å². The van der Waals surface area contributed by atoms with Crippen LogP contribution in [0.1, 0.15) is 27.7 Å². The van der Waals surface area contributed by atoms with Crippen LogP contribution in [0, 0.1) is 0 Å². The molecule has 1 heterocycles. The fraction of sp³-hybridized carbons (Fsp3) is 0.412. The Morgan fingerprint density at radius 2 is 2.00 bits per heavy atom. The predicted octanol–water partition coefficient (Wildman–Crippen LogP) is 1.29. The molecule has 0 bridgehead atoms. The van der Waals surface area contributed by atoms with Crippen molar-refractivity contribution in [1.82, 2.24) is 9.57 Å². The average molecular weight is 334 g/mol. The van der Waals surface area contributed by atoms with Crippen LogP contribution in [0.25, 0.3) is 0 Å². The van der Waals surface area contributed by atoms with Gasteiger partial charge in [-0.3, -0.25) is 4.79 Å². The van der Waals surface area contributed by atoms with Crippen LogP contribution < -0.4 is 10.4 Å². The van der Waals surface area contributed by atoms with Gasteiger partial charge in [-0.05, 0) is 39.3 Å². The number of nitrogens with two attached hydrogens (primary N) is 1. The molecule has 1 amide bonds. The molecular formula is C17H24N3O4+. The molecule has 0 aromatic rings. The van der Waals surface area contributed by atoms with Crippen molar-refractivity contribution in [3.8, 4) is 0 Å². The van der Waals surface area contributed by atoms with Gasteiger partial charge in [-0.15, -0.1) is 4.90 Å². The normalized spacial score (nSPS) is 14.9. The lowest BCUT2D eigenvalue weighted by molar-refractivity contribution is -0.102. The molecule has 0 radical (unpaired) electrons. The van der Waals surface area contributed by atoms with E-state index in [4.69, 9.17) is 15.2 Å². The summed E-state index contributed by atoms with van der Waals surface area (Å²) < 4.78 is 14.4. The maximum absolute atomic E-state index is 12.5. The maximum atomic E-state index is 12.5. The summed E-state index contributed by atoms with van der Waals surface area (Å²) in [6, 6.07) is 0. The molecular weight excluding hydrogens is 310 g/mol.